The Kier molecular flexibility index (Phi) is 5.03. The minimum Gasteiger partial charge on any atom is -0.487 e. The monoisotopic (exact) mass is 387 g/mol. The van der Waals surface area contributed by atoms with E-state index in [0.29, 0.717) is 66.0 Å². The summed E-state index contributed by atoms with van der Waals surface area (Å²) in [7, 11) is 1.60. The van der Waals surface area contributed by atoms with E-state index in [1.54, 1.807) is 31.5 Å². The van der Waals surface area contributed by atoms with Gasteiger partial charge in [0, 0.05) is 24.9 Å². The molecule has 3 N–H and O–H groups in total. The van der Waals surface area contributed by atoms with Crippen LogP contribution >= 0.6 is 0 Å². The first-order valence-corrected chi connectivity index (χ1v) is 8.79. The molecule has 1 aliphatic rings. The van der Waals surface area contributed by atoms with Crippen molar-refractivity contribution in [2.45, 2.75) is 0 Å². The Balaban J connectivity index is 1.80. The number of hydrogen-bond acceptors (Lipinski definition) is 6. The zero-order chi connectivity index (χ0) is 19.5. The third kappa shape index (κ3) is 3.46. The summed E-state index contributed by atoms with van der Waals surface area (Å²) in [5, 5.41) is 0.632. The molecule has 146 valence electrons. The molecular formula is C20H20FN2O5+. The lowest BCUT2D eigenvalue weighted by atomic mass is 10.1. The van der Waals surface area contributed by atoms with Crippen LogP contribution in [0.5, 0.6) is 28.7 Å². The molecule has 0 amide bonds. The molecule has 2 heterocycles. The van der Waals surface area contributed by atoms with Crippen molar-refractivity contribution in [1.82, 2.24) is 0 Å². The van der Waals surface area contributed by atoms with Crippen molar-refractivity contribution < 1.29 is 33.1 Å². The lowest BCUT2D eigenvalue weighted by Gasteiger charge is -2.22. The number of aromatic nitrogens is 1. The van der Waals surface area contributed by atoms with Crippen LogP contribution in [-0.2, 0) is 4.74 Å². The van der Waals surface area contributed by atoms with Crippen LogP contribution in [-0.4, -0.2) is 33.5 Å². The first-order chi connectivity index (χ1) is 13.7. The number of benzene rings is 2. The summed E-state index contributed by atoms with van der Waals surface area (Å²) in [6.07, 6.45) is 1.70. The van der Waals surface area contributed by atoms with Crippen LogP contribution in [0.3, 0.4) is 0 Å². The number of anilines is 1. The van der Waals surface area contributed by atoms with Crippen LogP contribution < -0.4 is 29.7 Å². The van der Waals surface area contributed by atoms with E-state index in [9.17, 15) is 4.39 Å². The number of halogens is 1. The highest BCUT2D eigenvalue weighted by atomic mass is 19.1. The second-order valence-electron chi connectivity index (χ2n) is 6.13. The molecule has 8 heteroatoms. The largest absolute Gasteiger partial charge is 0.487 e. The maximum Gasteiger partial charge on any atom is 0.222 e. The fourth-order valence-electron chi connectivity index (χ4n) is 2.97. The zero-order valence-electron chi connectivity index (χ0n) is 15.3. The number of nitrogens with two attached hydrogens (primary N) is 1. The fraction of sp³-hybridized carbons (Fsp3) is 0.250. The second kappa shape index (κ2) is 7.77. The number of nitrogens with one attached hydrogen (secondary N) is 1. The average molecular weight is 387 g/mol. The maximum atomic E-state index is 14.2. The molecule has 3 aromatic rings. The predicted molar refractivity (Wildman–Crippen MR) is 99.8 cm³/mol. The molecule has 0 saturated carbocycles. The molecule has 0 bridgehead atoms. The molecule has 0 atom stereocenters. The van der Waals surface area contributed by atoms with Gasteiger partial charge in [-0.05, 0) is 12.1 Å². The summed E-state index contributed by atoms with van der Waals surface area (Å²) in [6, 6.07) is 7.77. The highest BCUT2D eigenvalue weighted by Crippen LogP contribution is 2.48. The molecule has 0 radical (unpaired) electrons. The summed E-state index contributed by atoms with van der Waals surface area (Å²) >= 11 is 0. The lowest BCUT2D eigenvalue weighted by Crippen LogP contribution is -2.18. The van der Waals surface area contributed by atoms with E-state index in [1.165, 1.54) is 12.1 Å². The summed E-state index contributed by atoms with van der Waals surface area (Å²) in [5.74, 6) is 1.43. The van der Waals surface area contributed by atoms with E-state index >= 15 is 0 Å². The van der Waals surface area contributed by atoms with Gasteiger partial charge in [0.25, 0.3) is 0 Å². The Bertz CT molecular complexity index is 1010. The van der Waals surface area contributed by atoms with Gasteiger partial charge in [0.15, 0.2) is 35.0 Å². The van der Waals surface area contributed by atoms with Gasteiger partial charge >= 0.3 is 0 Å². The van der Waals surface area contributed by atoms with E-state index in [0.717, 1.165) is 0 Å². The number of ether oxygens (including phenoxy) is 5. The Labute approximate surface area is 160 Å². The van der Waals surface area contributed by atoms with Crippen molar-refractivity contribution in [3.05, 3.63) is 42.3 Å². The third-order valence-corrected chi connectivity index (χ3v) is 4.22. The first kappa shape index (κ1) is 18.1. The van der Waals surface area contributed by atoms with Crippen LogP contribution in [0.25, 0.3) is 10.9 Å². The van der Waals surface area contributed by atoms with E-state index in [-0.39, 0.29) is 5.75 Å². The lowest BCUT2D eigenvalue weighted by molar-refractivity contribution is -0.344. The number of hydrogen-bond donors (Lipinski definition) is 1. The molecule has 4 rings (SSSR count). The first-order valence-electron chi connectivity index (χ1n) is 8.79. The van der Waals surface area contributed by atoms with Gasteiger partial charge in [0.2, 0.25) is 11.3 Å². The van der Waals surface area contributed by atoms with Gasteiger partial charge in [-0.1, -0.05) is 0 Å². The third-order valence-electron chi connectivity index (χ3n) is 4.22. The Hall–Kier alpha value is -3.26. The van der Waals surface area contributed by atoms with E-state index < -0.39 is 5.82 Å². The minimum absolute atomic E-state index is 0.0626. The van der Waals surface area contributed by atoms with E-state index in [1.807, 2.05) is 0 Å². The van der Waals surface area contributed by atoms with E-state index in [4.69, 9.17) is 29.4 Å². The highest BCUT2D eigenvalue weighted by Gasteiger charge is 2.27. The standard InChI is InChI=1S/C20H19FN2O5/c1-24-6-7-25-17-11-14-18(20-19(17)26-8-9-27-20)16(4-5-23-14)28-15-3-2-12(22)10-13(15)21/h2-5,10-11H,6-9,22H2,1H3/p+1. The Morgan fingerprint density at radius 1 is 1.04 bits per heavy atom. The number of fused-ring (bicyclic) bond motifs is 3. The highest BCUT2D eigenvalue weighted by molar-refractivity contribution is 5.93. The molecule has 1 aromatic heterocycles. The molecule has 0 saturated heterocycles. The van der Waals surface area contributed by atoms with Crippen molar-refractivity contribution in [3.8, 4) is 28.7 Å². The van der Waals surface area contributed by atoms with Crippen LogP contribution in [0.1, 0.15) is 0 Å². The van der Waals surface area contributed by atoms with Crippen molar-refractivity contribution in [2.24, 2.45) is 0 Å². The molecule has 0 spiro atoms. The molecule has 0 fully saturated rings. The van der Waals surface area contributed by atoms with Gasteiger partial charge in [-0.3, -0.25) is 0 Å². The quantitative estimate of drug-likeness (QED) is 0.517. The molecule has 2 aromatic carbocycles. The average Bonchev–Trinajstić information content (AvgIpc) is 2.70. The van der Waals surface area contributed by atoms with Gasteiger partial charge in [0.05, 0.1) is 12.7 Å². The van der Waals surface area contributed by atoms with Gasteiger partial charge < -0.3 is 29.4 Å². The van der Waals surface area contributed by atoms with Gasteiger partial charge in [-0.15, -0.1) is 0 Å². The van der Waals surface area contributed by atoms with Gasteiger partial charge in [-0.2, -0.15) is 0 Å². The predicted octanol–water partition coefficient (Wildman–Crippen LogP) is 2.96. The summed E-state index contributed by atoms with van der Waals surface area (Å²) in [4.78, 5) is 3.14. The van der Waals surface area contributed by atoms with Crippen LogP contribution in [0, 0.1) is 5.82 Å². The smallest absolute Gasteiger partial charge is 0.222 e. The van der Waals surface area contributed by atoms with Crippen LogP contribution in [0.4, 0.5) is 10.1 Å². The summed E-state index contributed by atoms with van der Waals surface area (Å²) < 4.78 is 42.5. The van der Waals surface area contributed by atoms with Crippen molar-refractivity contribution in [2.75, 3.05) is 39.3 Å². The summed E-state index contributed by atoms with van der Waals surface area (Å²) in [6.45, 7) is 1.59. The number of nitrogen functional groups attached to an aromatic ring is 1. The Morgan fingerprint density at radius 3 is 2.64 bits per heavy atom. The summed E-state index contributed by atoms with van der Waals surface area (Å²) in [5.41, 5.74) is 6.63. The van der Waals surface area contributed by atoms with Gasteiger partial charge in [-0.25, -0.2) is 9.37 Å². The Morgan fingerprint density at radius 2 is 1.86 bits per heavy atom. The van der Waals surface area contributed by atoms with Crippen molar-refractivity contribution in [1.29, 1.82) is 0 Å². The number of aromatic amines is 1. The van der Waals surface area contributed by atoms with Crippen LogP contribution in [0.15, 0.2) is 36.5 Å². The molecular weight excluding hydrogens is 367 g/mol. The number of pyridine rings is 1. The number of methoxy groups -OCH3 is 1. The molecule has 7 nitrogen and oxygen atoms in total. The SMILES string of the molecule is COCCOc1cc2[nH+]ccc(Oc3ccc(N)cc3F)c2c2c1OCCO2. The number of H-pyrrole nitrogens is 1. The van der Waals surface area contributed by atoms with E-state index in [2.05, 4.69) is 4.98 Å². The molecule has 1 aliphatic heterocycles. The molecule has 0 unspecified atom stereocenters. The minimum atomic E-state index is -0.550. The number of rotatable bonds is 6. The van der Waals surface area contributed by atoms with Gasteiger partial charge in [0.1, 0.15) is 25.2 Å². The second-order valence-corrected chi connectivity index (χ2v) is 6.13. The molecule has 28 heavy (non-hydrogen) atoms. The van der Waals surface area contributed by atoms with Crippen molar-refractivity contribution >= 4 is 16.6 Å². The molecule has 0 aliphatic carbocycles. The normalized spacial score (nSPS) is 12.8. The topological polar surface area (TPSA) is 86.3 Å². The van der Waals surface area contributed by atoms with Crippen LogP contribution in [0.2, 0.25) is 0 Å². The van der Waals surface area contributed by atoms with Crippen molar-refractivity contribution in [3.63, 3.8) is 0 Å². The maximum absolute atomic E-state index is 14.2. The zero-order valence-corrected chi connectivity index (χ0v) is 15.3. The fourth-order valence-corrected chi connectivity index (χ4v) is 2.97.